The zero-order valence-electron chi connectivity index (χ0n) is 13.2. The summed E-state index contributed by atoms with van der Waals surface area (Å²) in [6.07, 6.45) is 3.12. The molecule has 118 valence electrons. The van der Waals surface area contributed by atoms with E-state index in [0.29, 0.717) is 13.3 Å². The summed E-state index contributed by atoms with van der Waals surface area (Å²) >= 11 is 0. The van der Waals surface area contributed by atoms with Crippen molar-refractivity contribution in [3.8, 4) is 11.5 Å². The summed E-state index contributed by atoms with van der Waals surface area (Å²) in [6, 6.07) is 14.6. The second-order valence-electron chi connectivity index (χ2n) is 6.03. The Morgan fingerprint density at radius 1 is 1.13 bits per heavy atom. The van der Waals surface area contributed by atoms with Crippen LogP contribution in [0.2, 0.25) is 0 Å². The van der Waals surface area contributed by atoms with Crippen LogP contribution in [0.3, 0.4) is 0 Å². The van der Waals surface area contributed by atoms with Crippen LogP contribution in [0.15, 0.2) is 48.7 Å². The molecule has 4 rings (SSSR count). The first kappa shape index (κ1) is 14.2. The van der Waals surface area contributed by atoms with Gasteiger partial charge in [-0.2, -0.15) is 0 Å². The van der Waals surface area contributed by atoms with Crippen LogP contribution in [0, 0.1) is 0 Å². The van der Waals surface area contributed by atoms with Crippen molar-refractivity contribution in [1.82, 2.24) is 4.57 Å². The SMILES string of the molecule is Cn1cc(CC(CN)c2ccc3c(c2)OCO3)c2ccccc21. The fourth-order valence-corrected chi connectivity index (χ4v) is 3.36. The normalized spacial score (nSPS) is 14.3. The molecule has 1 atom stereocenters. The number of rotatable bonds is 4. The third-order valence-electron chi connectivity index (χ3n) is 4.60. The molecule has 3 aromatic rings. The number of para-hydroxylation sites is 1. The maximum absolute atomic E-state index is 6.07. The van der Waals surface area contributed by atoms with Crippen LogP contribution >= 0.6 is 0 Å². The van der Waals surface area contributed by atoms with Crippen molar-refractivity contribution in [3.63, 3.8) is 0 Å². The van der Waals surface area contributed by atoms with Gasteiger partial charge < -0.3 is 19.8 Å². The van der Waals surface area contributed by atoms with Crippen molar-refractivity contribution in [2.75, 3.05) is 13.3 Å². The lowest BCUT2D eigenvalue weighted by atomic mass is 9.91. The molecule has 0 fully saturated rings. The van der Waals surface area contributed by atoms with Gasteiger partial charge in [0, 0.05) is 30.1 Å². The topological polar surface area (TPSA) is 49.4 Å². The van der Waals surface area contributed by atoms with E-state index >= 15 is 0 Å². The molecule has 0 saturated heterocycles. The lowest BCUT2D eigenvalue weighted by Gasteiger charge is -2.15. The van der Waals surface area contributed by atoms with Gasteiger partial charge in [-0.1, -0.05) is 24.3 Å². The molecular formula is C19H20N2O2. The van der Waals surface area contributed by atoms with Crippen molar-refractivity contribution in [2.24, 2.45) is 12.8 Å². The maximum Gasteiger partial charge on any atom is 0.231 e. The second-order valence-corrected chi connectivity index (χ2v) is 6.03. The Bertz CT molecular complexity index is 854. The van der Waals surface area contributed by atoms with Gasteiger partial charge in [0.1, 0.15) is 0 Å². The Kier molecular flexibility index (Phi) is 3.46. The molecule has 0 saturated carbocycles. The Morgan fingerprint density at radius 2 is 1.96 bits per heavy atom. The molecule has 0 aliphatic carbocycles. The van der Waals surface area contributed by atoms with Gasteiger partial charge in [-0.3, -0.25) is 0 Å². The zero-order valence-corrected chi connectivity index (χ0v) is 13.2. The van der Waals surface area contributed by atoms with E-state index in [0.717, 1.165) is 17.9 Å². The summed E-state index contributed by atoms with van der Waals surface area (Å²) < 4.78 is 13.1. The van der Waals surface area contributed by atoms with E-state index in [2.05, 4.69) is 54.2 Å². The predicted octanol–water partition coefficient (Wildman–Crippen LogP) is 3.19. The van der Waals surface area contributed by atoms with Gasteiger partial charge in [-0.25, -0.2) is 0 Å². The summed E-state index contributed by atoms with van der Waals surface area (Å²) in [7, 11) is 2.09. The Labute approximate surface area is 135 Å². The van der Waals surface area contributed by atoms with Gasteiger partial charge in [0.15, 0.2) is 11.5 Å². The molecule has 2 N–H and O–H groups in total. The first-order chi connectivity index (χ1) is 11.3. The van der Waals surface area contributed by atoms with Crippen LogP contribution in [0.1, 0.15) is 17.0 Å². The van der Waals surface area contributed by atoms with Crippen LogP contribution in [0.4, 0.5) is 0 Å². The first-order valence-corrected chi connectivity index (χ1v) is 7.89. The lowest BCUT2D eigenvalue weighted by Crippen LogP contribution is -2.15. The van der Waals surface area contributed by atoms with Crippen LogP contribution in [0.5, 0.6) is 11.5 Å². The number of benzene rings is 2. The molecule has 1 aromatic heterocycles. The second kappa shape index (κ2) is 5.63. The van der Waals surface area contributed by atoms with E-state index in [4.69, 9.17) is 15.2 Å². The minimum atomic E-state index is 0.260. The number of fused-ring (bicyclic) bond motifs is 2. The quantitative estimate of drug-likeness (QED) is 0.805. The Hall–Kier alpha value is -2.46. The number of nitrogens with two attached hydrogens (primary N) is 1. The van der Waals surface area contributed by atoms with Gasteiger partial charge in [0.05, 0.1) is 0 Å². The summed E-state index contributed by atoms with van der Waals surface area (Å²) in [5.74, 6) is 1.89. The first-order valence-electron chi connectivity index (χ1n) is 7.89. The molecule has 23 heavy (non-hydrogen) atoms. The summed E-state index contributed by atoms with van der Waals surface area (Å²) in [4.78, 5) is 0. The highest BCUT2D eigenvalue weighted by Crippen LogP contribution is 2.35. The molecular weight excluding hydrogens is 288 g/mol. The van der Waals surface area contributed by atoms with E-state index in [-0.39, 0.29) is 5.92 Å². The van der Waals surface area contributed by atoms with Gasteiger partial charge in [0.2, 0.25) is 6.79 Å². The molecule has 0 spiro atoms. The molecule has 0 amide bonds. The van der Waals surface area contributed by atoms with Crippen molar-refractivity contribution in [3.05, 3.63) is 59.8 Å². The van der Waals surface area contributed by atoms with E-state index in [1.807, 2.05) is 6.07 Å². The van der Waals surface area contributed by atoms with Crippen molar-refractivity contribution in [2.45, 2.75) is 12.3 Å². The van der Waals surface area contributed by atoms with Crippen molar-refractivity contribution >= 4 is 10.9 Å². The standard InChI is InChI=1S/C19H20N2O2/c1-21-11-15(16-4-2-3-5-17(16)21)8-14(10-20)13-6-7-18-19(9-13)23-12-22-18/h2-7,9,11,14H,8,10,12,20H2,1H3. The van der Waals surface area contributed by atoms with E-state index in [1.54, 1.807) is 0 Å². The molecule has 2 aromatic carbocycles. The number of nitrogens with zero attached hydrogens (tertiary/aromatic N) is 1. The van der Waals surface area contributed by atoms with Gasteiger partial charge in [0.25, 0.3) is 0 Å². The van der Waals surface area contributed by atoms with Crippen LogP contribution in [-0.2, 0) is 13.5 Å². The van der Waals surface area contributed by atoms with Gasteiger partial charge in [-0.15, -0.1) is 0 Å². The van der Waals surface area contributed by atoms with E-state index in [9.17, 15) is 0 Å². The van der Waals surface area contributed by atoms with E-state index < -0.39 is 0 Å². The molecule has 1 aliphatic heterocycles. The fraction of sp³-hybridized carbons (Fsp3) is 0.263. The molecule has 2 heterocycles. The molecule has 0 radical (unpaired) electrons. The third-order valence-corrected chi connectivity index (χ3v) is 4.60. The minimum absolute atomic E-state index is 0.260. The average molecular weight is 308 g/mol. The molecule has 4 heteroatoms. The van der Waals surface area contributed by atoms with E-state index in [1.165, 1.54) is 22.0 Å². The summed E-state index contributed by atoms with van der Waals surface area (Å²) in [5.41, 5.74) is 9.85. The number of ether oxygens (including phenoxy) is 2. The highest BCUT2D eigenvalue weighted by Gasteiger charge is 2.19. The number of aryl methyl sites for hydroxylation is 1. The lowest BCUT2D eigenvalue weighted by molar-refractivity contribution is 0.174. The van der Waals surface area contributed by atoms with Gasteiger partial charge in [-0.05, 0) is 42.3 Å². The van der Waals surface area contributed by atoms with Crippen LogP contribution in [0.25, 0.3) is 10.9 Å². The third kappa shape index (κ3) is 2.45. The number of hydrogen-bond donors (Lipinski definition) is 1. The highest BCUT2D eigenvalue weighted by molar-refractivity contribution is 5.84. The minimum Gasteiger partial charge on any atom is -0.454 e. The zero-order chi connectivity index (χ0) is 15.8. The monoisotopic (exact) mass is 308 g/mol. The molecule has 4 nitrogen and oxygen atoms in total. The Morgan fingerprint density at radius 3 is 2.83 bits per heavy atom. The largest absolute Gasteiger partial charge is 0.454 e. The summed E-state index contributed by atoms with van der Waals surface area (Å²) in [6.45, 7) is 0.901. The molecule has 0 bridgehead atoms. The van der Waals surface area contributed by atoms with Crippen LogP contribution in [-0.4, -0.2) is 17.9 Å². The molecule has 1 unspecified atom stereocenters. The number of aromatic nitrogens is 1. The van der Waals surface area contributed by atoms with Crippen LogP contribution < -0.4 is 15.2 Å². The fourth-order valence-electron chi connectivity index (χ4n) is 3.36. The Balaban J connectivity index is 1.67. The maximum atomic E-state index is 6.07. The van der Waals surface area contributed by atoms with Crippen molar-refractivity contribution < 1.29 is 9.47 Å². The van der Waals surface area contributed by atoms with Crippen molar-refractivity contribution in [1.29, 1.82) is 0 Å². The smallest absolute Gasteiger partial charge is 0.231 e. The summed E-state index contributed by atoms with van der Waals surface area (Å²) in [5, 5.41) is 1.30. The number of hydrogen-bond acceptors (Lipinski definition) is 3. The molecule has 1 aliphatic rings. The predicted molar refractivity (Wildman–Crippen MR) is 91.0 cm³/mol. The average Bonchev–Trinajstić information content (AvgIpc) is 3.17. The highest BCUT2D eigenvalue weighted by atomic mass is 16.7. The van der Waals surface area contributed by atoms with Gasteiger partial charge >= 0.3 is 0 Å².